The van der Waals surface area contributed by atoms with Crippen molar-refractivity contribution in [1.82, 2.24) is 5.32 Å². The molecule has 0 amide bonds. The summed E-state index contributed by atoms with van der Waals surface area (Å²) in [5, 5.41) is 22.3. The molecule has 0 aliphatic carbocycles. The van der Waals surface area contributed by atoms with Crippen molar-refractivity contribution in [2.45, 2.75) is 12.2 Å². The highest BCUT2D eigenvalue weighted by Crippen LogP contribution is 2.27. The number of benzene rings is 1. The van der Waals surface area contributed by atoms with Crippen LogP contribution in [0.15, 0.2) is 18.2 Å². The Morgan fingerprint density at radius 1 is 1.50 bits per heavy atom. The van der Waals surface area contributed by atoms with Crippen LogP contribution in [0.25, 0.3) is 0 Å². The monoisotopic (exact) mass is 337 g/mol. The first-order valence-electron chi connectivity index (χ1n) is 4.94. The van der Waals surface area contributed by atoms with Crippen molar-refractivity contribution >= 4 is 22.6 Å². The van der Waals surface area contributed by atoms with Crippen LogP contribution in [0.3, 0.4) is 0 Å². The maximum atomic E-state index is 9.85. The van der Waals surface area contributed by atoms with Gasteiger partial charge in [-0.1, -0.05) is 6.07 Å². The second kappa shape index (κ2) is 6.39. The minimum atomic E-state index is -0.644. The van der Waals surface area contributed by atoms with Gasteiger partial charge >= 0.3 is 0 Å². The van der Waals surface area contributed by atoms with E-state index < -0.39 is 12.2 Å². The zero-order valence-electron chi connectivity index (χ0n) is 9.27. The topological polar surface area (TPSA) is 61.7 Å². The minimum absolute atomic E-state index is 0.205. The van der Waals surface area contributed by atoms with Crippen LogP contribution in [-0.2, 0) is 4.74 Å². The van der Waals surface area contributed by atoms with Crippen LogP contribution in [0, 0.1) is 3.57 Å². The number of rotatable bonds is 5. The Morgan fingerprint density at radius 3 is 2.69 bits per heavy atom. The molecule has 0 bridgehead atoms. The molecule has 3 N–H and O–H groups in total. The molecule has 2 unspecified atom stereocenters. The number of aliphatic hydroxyl groups is 1. The Kier molecular flexibility index (Phi) is 5.47. The number of aromatic hydroxyl groups is 1. The van der Waals surface area contributed by atoms with Gasteiger partial charge in [0.15, 0.2) is 0 Å². The molecular weight excluding hydrogens is 321 g/mol. The lowest BCUT2D eigenvalue weighted by molar-refractivity contribution is -0.0116. The number of phenols is 1. The summed E-state index contributed by atoms with van der Waals surface area (Å²) in [5.74, 6) is 0.205. The molecule has 0 heterocycles. The Morgan fingerprint density at radius 2 is 2.19 bits per heavy atom. The molecule has 0 spiro atoms. The maximum Gasteiger partial charge on any atom is 0.129 e. The van der Waals surface area contributed by atoms with Crippen LogP contribution in [0.5, 0.6) is 5.75 Å². The van der Waals surface area contributed by atoms with Crippen LogP contribution >= 0.6 is 22.6 Å². The Balaban J connectivity index is 2.90. The molecule has 4 nitrogen and oxygen atoms in total. The van der Waals surface area contributed by atoms with Crippen LogP contribution in [0.2, 0.25) is 0 Å². The first kappa shape index (κ1) is 13.7. The van der Waals surface area contributed by atoms with E-state index in [4.69, 9.17) is 4.74 Å². The van der Waals surface area contributed by atoms with Crippen molar-refractivity contribution in [2.24, 2.45) is 0 Å². The fourth-order valence-electron chi connectivity index (χ4n) is 1.54. The van der Waals surface area contributed by atoms with Gasteiger partial charge < -0.3 is 20.3 Å². The summed E-state index contributed by atoms with van der Waals surface area (Å²) in [4.78, 5) is 0. The predicted molar refractivity (Wildman–Crippen MR) is 70.5 cm³/mol. The number of methoxy groups -OCH3 is 1. The summed E-state index contributed by atoms with van der Waals surface area (Å²) in [7, 11) is 3.31. The lowest BCUT2D eigenvalue weighted by atomic mass is 10.0. The van der Waals surface area contributed by atoms with Crippen molar-refractivity contribution in [1.29, 1.82) is 0 Å². The lowest BCUT2D eigenvalue weighted by Gasteiger charge is -2.22. The Bertz CT molecular complexity index is 346. The number of halogens is 1. The summed E-state index contributed by atoms with van der Waals surface area (Å²) in [6.45, 7) is 0.436. The van der Waals surface area contributed by atoms with Crippen molar-refractivity contribution in [3.05, 3.63) is 27.3 Å². The molecule has 1 rings (SSSR count). The molecule has 0 aliphatic heterocycles. The summed E-state index contributed by atoms with van der Waals surface area (Å²) in [5.41, 5.74) is 0.767. The van der Waals surface area contributed by atoms with Crippen molar-refractivity contribution in [3.8, 4) is 5.75 Å². The third-order valence-electron chi connectivity index (χ3n) is 2.32. The van der Waals surface area contributed by atoms with Gasteiger partial charge in [0, 0.05) is 13.7 Å². The molecule has 2 atom stereocenters. The highest BCUT2D eigenvalue weighted by Gasteiger charge is 2.20. The van der Waals surface area contributed by atoms with Crippen molar-refractivity contribution in [2.75, 3.05) is 20.7 Å². The lowest BCUT2D eigenvalue weighted by Crippen LogP contribution is -2.30. The van der Waals surface area contributed by atoms with Gasteiger partial charge in [-0.05, 0) is 47.3 Å². The van der Waals surface area contributed by atoms with Gasteiger partial charge in [-0.2, -0.15) is 0 Å². The fourth-order valence-corrected chi connectivity index (χ4v) is 1.87. The molecule has 1 aromatic carbocycles. The molecule has 0 radical (unpaired) electrons. The van der Waals surface area contributed by atoms with Crippen LogP contribution in [-0.4, -0.2) is 37.0 Å². The van der Waals surface area contributed by atoms with Crippen LogP contribution in [0.1, 0.15) is 11.7 Å². The van der Waals surface area contributed by atoms with E-state index in [0.717, 1.165) is 9.13 Å². The van der Waals surface area contributed by atoms with Gasteiger partial charge in [0.05, 0.1) is 9.67 Å². The Labute approximate surface area is 109 Å². The van der Waals surface area contributed by atoms with Gasteiger partial charge in [-0.15, -0.1) is 0 Å². The number of nitrogens with one attached hydrogen (secondary N) is 1. The Hall–Kier alpha value is -0.370. The van der Waals surface area contributed by atoms with Gasteiger partial charge in [0.25, 0.3) is 0 Å². The third kappa shape index (κ3) is 3.31. The zero-order chi connectivity index (χ0) is 12.1. The van der Waals surface area contributed by atoms with Gasteiger partial charge in [-0.25, -0.2) is 0 Å². The van der Waals surface area contributed by atoms with Gasteiger partial charge in [-0.3, -0.25) is 0 Å². The second-order valence-electron chi connectivity index (χ2n) is 3.49. The van der Waals surface area contributed by atoms with E-state index in [1.165, 1.54) is 0 Å². The molecular formula is C11H16INO3. The van der Waals surface area contributed by atoms with E-state index in [1.807, 2.05) is 28.7 Å². The molecule has 0 saturated carbocycles. The van der Waals surface area contributed by atoms with E-state index in [-0.39, 0.29) is 5.75 Å². The first-order valence-corrected chi connectivity index (χ1v) is 6.02. The SMILES string of the molecule is CNCC(O)C(OC)c1ccc(I)c(O)c1. The number of aliphatic hydroxyl groups excluding tert-OH is 1. The van der Waals surface area contributed by atoms with E-state index >= 15 is 0 Å². The molecule has 0 aromatic heterocycles. The standard InChI is InChI=1S/C11H16INO3/c1-13-6-10(15)11(16-2)7-3-4-8(12)9(14)5-7/h3-5,10-11,13-15H,6H2,1-2H3. The van der Waals surface area contributed by atoms with E-state index in [2.05, 4.69) is 5.32 Å². The summed E-state index contributed by atoms with van der Waals surface area (Å²) in [6.07, 6.45) is -1.08. The minimum Gasteiger partial charge on any atom is -0.507 e. The molecule has 1 aromatic rings. The average molecular weight is 337 g/mol. The molecule has 90 valence electrons. The number of hydrogen-bond donors (Lipinski definition) is 3. The molecule has 16 heavy (non-hydrogen) atoms. The highest BCUT2D eigenvalue weighted by molar-refractivity contribution is 14.1. The molecule has 5 heteroatoms. The van der Waals surface area contributed by atoms with Gasteiger partial charge in [0.1, 0.15) is 11.9 Å². The highest BCUT2D eigenvalue weighted by atomic mass is 127. The summed E-state index contributed by atoms with van der Waals surface area (Å²) < 4.78 is 6.02. The number of likely N-dealkylation sites (N-methyl/N-ethyl adjacent to an activating group) is 1. The fraction of sp³-hybridized carbons (Fsp3) is 0.455. The number of ether oxygens (including phenoxy) is 1. The van der Waals surface area contributed by atoms with Crippen LogP contribution in [0.4, 0.5) is 0 Å². The molecule has 0 saturated heterocycles. The average Bonchev–Trinajstić information content (AvgIpc) is 2.25. The van der Waals surface area contributed by atoms with Crippen molar-refractivity contribution < 1.29 is 14.9 Å². The smallest absolute Gasteiger partial charge is 0.129 e. The number of hydrogen-bond acceptors (Lipinski definition) is 4. The third-order valence-corrected chi connectivity index (χ3v) is 3.23. The van der Waals surface area contributed by atoms with E-state index in [9.17, 15) is 10.2 Å². The first-order chi connectivity index (χ1) is 7.60. The zero-order valence-corrected chi connectivity index (χ0v) is 11.4. The quantitative estimate of drug-likeness (QED) is 0.708. The predicted octanol–water partition coefficient (Wildman–Crippen LogP) is 1.26. The second-order valence-corrected chi connectivity index (χ2v) is 4.65. The number of phenolic OH excluding ortho intramolecular Hbond substituents is 1. The van der Waals surface area contributed by atoms with E-state index in [1.54, 1.807) is 26.3 Å². The normalized spacial score (nSPS) is 14.8. The maximum absolute atomic E-state index is 9.85. The largest absolute Gasteiger partial charge is 0.507 e. The van der Waals surface area contributed by atoms with Crippen molar-refractivity contribution in [3.63, 3.8) is 0 Å². The molecule has 0 fully saturated rings. The molecule has 0 aliphatic rings. The van der Waals surface area contributed by atoms with E-state index in [0.29, 0.717) is 6.54 Å². The van der Waals surface area contributed by atoms with Gasteiger partial charge in [0.2, 0.25) is 0 Å². The van der Waals surface area contributed by atoms with Crippen LogP contribution < -0.4 is 5.32 Å². The summed E-state index contributed by atoms with van der Waals surface area (Å²) in [6, 6.07) is 5.26. The summed E-state index contributed by atoms with van der Waals surface area (Å²) >= 11 is 2.04.